The fourth-order valence-corrected chi connectivity index (χ4v) is 4.98. The molecule has 0 atom stereocenters. The Bertz CT molecular complexity index is 1200. The molecular formula is C22H22BrClFN5O2. The van der Waals surface area contributed by atoms with Crippen molar-refractivity contribution in [1.29, 1.82) is 0 Å². The van der Waals surface area contributed by atoms with Crippen LogP contribution in [0.3, 0.4) is 0 Å². The number of hydrogen-bond donors (Lipinski definition) is 2. The van der Waals surface area contributed by atoms with E-state index in [0.717, 1.165) is 17.4 Å². The van der Waals surface area contributed by atoms with E-state index in [9.17, 15) is 4.79 Å². The number of likely N-dealkylation sites (tertiary alicyclic amines) is 1. The molecule has 0 saturated carbocycles. The monoisotopic (exact) mass is 521 g/mol. The zero-order valence-corrected chi connectivity index (χ0v) is 19.8. The van der Waals surface area contributed by atoms with Gasteiger partial charge in [-0.2, -0.15) is 0 Å². The lowest BCUT2D eigenvalue weighted by molar-refractivity contribution is -0.119. The second-order valence-corrected chi connectivity index (χ2v) is 9.63. The van der Waals surface area contributed by atoms with Crippen molar-refractivity contribution in [2.24, 2.45) is 7.05 Å². The average molecular weight is 523 g/mol. The Balaban J connectivity index is 1.52. The van der Waals surface area contributed by atoms with Gasteiger partial charge in [-0.1, -0.05) is 27.5 Å². The third-order valence-electron chi connectivity index (χ3n) is 5.98. The van der Waals surface area contributed by atoms with Crippen molar-refractivity contribution in [2.75, 3.05) is 38.1 Å². The molecule has 5 rings (SSSR count). The second-order valence-electron chi connectivity index (χ2n) is 8.31. The molecule has 1 aromatic heterocycles. The lowest BCUT2D eigenvalue weighted by atomic mass is 9.92. The number of nitrogens with zero attached hydrogens (tertiary/aromatic N) is 3. The van der Waals surface area contributed by atoms with Crippen LogP contribution in [-0.4, -0.2) is 58.7 Å². The Hall–Kier alpha value is -2.20. The highest BCUT2D eigenvalue weighted by Crippen LogP contribution is 2.36. The summed E-state index contributed by atoms with van der Waals surface area (Å²) in [7, 11) is 1.77. The van der Waals surface area contributed by atoms with Crippen molar-refractivity contribution in [3.05, 3.63) is 51.5 Å². The highest BCUT2D eigenvalue weighted by molar-refractivity contribution is 9.10. The van der Waals surface area contributed by atoms with Gasteiger partial charge < -0.3 is 24.8 Å². The van der Waals surface area contributed by atoms with Gasteiger partial charge in [0.25, 0.3) is 5.91 Å². The molecule has 0 bridgehead atoms. The van der Waals surface area contributed by atoms with Crippen LogP contribution < -0.4 is 10.6 Å². The second kappa shape index (κ2) is 8.30. The van der Waals surface area contributed by atoms with E-state index in [1.54, 1.807) is 40.8 Å². The Morgan fingerprint density at radius 2 is 2.19 bits per heavy atom. The number of aryl methyl sites for hydroxylation is 1. The van der Waals surface area contributed by atoms with Crippen LogP contribution in [0, 0.1) is 5.82 Å². The number of hydrogen-bond acceptors (Lipinski definition) is 5. The molecule has 0 radical (unpaired) electrons. The molecule has 10 heteroatoms. The Morgan fingerprint density at radius 1 is 1.38 bits per heavy atom. The predicted octanol–water partition coefficient (Wildman–Crippen LogP) is 4.08. The zero-order valence-electron chi connectivity index (χ0n) is 17.4. The van der Waals surface area contributed by atoms with Gasteiger partial charge in [0.15, 0.2) is 5.82 Å². The fraction of sp³-hybridized carbons (Fsp3) is 0.364. The Morgan fingerprint density at radius 3 is 2.97 bits per heavy atom. The standard InChI is InChI=1S/C22H22BrClFN5O2/c1-29-12-27-20-17(29)8-14(19(18(20)25)28-16-4-3-13(23)7-15(16)24)21(31)30-10-22(11-30)9-26-5-2-6-32-22/h3-4,7-8,12,26,28H,2,5-6,9-11H2,1H3. The number of carbonyl (C=O) groups excluding carboxylic acids is 1. The van der Waals surface area contributed by atoms with Gasteiger partial charge in [-0.05, 0) is 37.2 Å². The number of fused-ring (bicyclic) bond motifs is 1. The summed E-state index contributed by atoms with van der Waals surface area (Å²) >= 11 is 9.72. The van der Waals surface area contributed by atoms with Crippen LogP contribution in [0.4, 0.5) is 15.8 Å². The highest BCUT2D eigenvalue weighted by atomic mass is 79.9. The first kappa shape index (κ1) is 21.6. The van der Waals surface area contributed by atoms with Crippen LogP contribution in [0.1, 0.15) is 16.8 Å². The van der Waals surface area contributed by atoms with E-state index in [0.29, 0.717) is 42.5 Å². The summed E-state index contributed by atoms with van der Waals surface area (Å²) in [6, 6.07) is 6.91. The number of amides is 1. The van der Waals surface area contributed by atoms with E-state index in [4.69, 9.17) is 16.3 Å². The number of benzene rings is 2. The summed E-state index contributed by atoms with van der Waals surface area (Å²) in [6.07, 6.45) is 2.47. The molecule has 2 aliphatic heterocycles. The van der Waals surface area contributed by atoms with E-state index in [2.05, 4.69) is 31.5 Å². The summed E-state index contributed by atoms with van der Waals surface area (Å²) in [5, 5.41) is 6.80. The van der Waals surface area contributed by atoms with Crippen LogP contribution in [-0.2, 0) is 11.8 Å². The Kier molecular flexibility index (Phi) is 5.61. The molecule has 32 heavy (non-hydrogen) atoms. The van der Waals surface area contributed by atoms with E-state index in [1.807, 2.05) is 0 Å². The SMILES string of the molecule is Cn1cnc2c(F)c(Nc3ccc(Br)cc3Cl)c(C(=O)N3CC4(CNCCCO4)C3)cc21. The number of rotatable bonds is 3. The molecule has 2 N–H and O–H groups in total. The number of anilines is 2. The maximum atomic E-state index is 15.6. The van der Waals surface area contributed by atoms with Gasteiger partial charge in [0.05, 0.1) is 46.9 Å². The van der Waals surface area contributed by atoms with Crippen molar-refractivity contribution >= 4 is 55.8 Å². The quantitative estimate of drug-likeness (QED) is 0.543. The maximum absolute atomic E-state index is 15.6. The molecule has 3 aromatic rings. The smallest absolute Gasteiger partial charge is 0.256 e. The number of halogens is 3. The predicted molar refractivity (Wildman–Crippen MR) is 125 cm³/mol. The highest BCUT2D eigenvalue weighted by Gasteiger charge is 2.47. The largest absolute Gasteiger partial charge is 0.370 e. The van der Waals surface area contributed by atoms with Crippen LogP contribution in [0.2, 0.25) is 5.02 Å². The summed E-state index contributed by atoms with van der Waals surface area (Å²) < 4.78 is 24.1. The van der Waals surface area contributed by atoms with E-state index in [-0.39, 0.29) is 28.3 Å². The van der Waals surface area contributed by atoms with E-state index >= 15 is 4.39 Å². The van der Waals surface area contributed by atoms with Gasteiger partial charge >= 0.3 is 0 Å². The van der Waals surface area contributed by atoms with Crippen LogP contribution in [0.5, 0.6) is 0 Å². The van der Waals surface area contributed by atoms with Gasteiger partial charge in [-0.3, -0.25) is 4.79 Å². The van der Waals surface area contributed by atoms with Gasteiger partial charge in [0.1, 0.15) is 11.1 Å². The number of imidazole rings is 1. The van der Waals surface area contributed by atoms with Crippen molar-refractivity contribution in [3.63, 3.8) is 0 Å². The molecule has 1 amide bonds. The van der Waals surface area contributed by atoms with Crippen molar-refractivity contribution in [2.45, 2.75) is 12.0 Å². The van der Waals surface area contributed by atoms with Crippen LogP contribution in [0.15, 0.2) is 35.1 Å². The molecular weight excluding hydrogens is 501 g/mol. The van der Waals surface area contributed by atoms with Crippen molar-refractivity contribution in [3.8, 4) is 0 Å². The van der Waals surface area contributed by atoms with E-state index < -0.39 is 5.82 Å². The molecule has 2 aromatic carbocycles. The average Bonchev–Trinajstić information content (AvgIpc) is 2.95. The van der Waals surface area contributed by atoms with Crippen molar-refractivity contribution < 1.29 is 13.9 Å². The lowest BCUT2D eigenvalue weighted by Gasteiger charge is -2.49. The molecule has 2 aliphatic rings. The first-order valence-corrected chi connectivity index (χ1v) is 11.5. The molecule has 2 saturated heterocycles. The third-order valence-corrected chi connectivity index (χ3v) is 6.79. The molecule has 0 aliphatic carbocycles. The summed E-state index contributed by atoms with van der Waals surface area (Å²) in [4.78, 5) is 19.4. The molecule has 168 valence electrons. The van der Waals surface area contributed by atoms with Gasteiger partial charge in [-0.25, -0.2) is 9.37 Å². The number of nitrogens with one attached hydrogen (secondary N) is 2. The normalized spacial score (nSPS) is 17.9. The van der Waals surface area contributed by atoms with Gasteiger partial charge in [0.2, 0.25) is 0 Å². The minimum atomic E-state index is -0.590. The number of carbonyl (C=O) groups is 1. The van der Waals surface area contributed by atoms with Crippen molar-refractivity contribution in [1.82, 2.24) is 19.8 Å². The third kappa shape index (κ3) is 3.77. The molecule has 7 nitrogen and oxygen atoms in total. The fourth-order valence-electron chi connectivity index (χ4n) is 4.26. The Labute approximate surface area is 198 Å². The van der Waals surface area contributed by atoms with Crippen LogP contribution >= 0.6 is 27.5 Å². The maximum Gasteiger partial charge on any atom is 0.256 e. The minimum Gasteiger partial charge on any atom is -0.370 e. The van der Waals surface area contributed by atoms with Gasteiger partial charge in [-0.15, -0.1) is 0 Å². The summed E-state index contributed by atoms with van der Waals surface area (Å²) in [5.74, 6) is -0.853. The first-order valence-electron chi connectivity index (χ1n) is 10.4. The van der Waals surface area contributed by atoms with Gasteiger partial charge in [0, 0.05) is 24.7 Å². The summed E-state index contributed by atoms with van der Waals surface area (Å²) in [5.41, 5.74) is 1.15. The molecule has 0 unspecified atom stereocenters. The van der Waals surface area contributed by atoms with E-state index in [1.165, 1.54) is 6.33 Å². The zero-order chi connectivity index (χ0) is 22.5. The summed E-state index contributed by atoms with van der Waals surface area (Å²) in [6.45, 7) is 3.19. The first-order chi connectivity index (χ1) is 15.4. The molecule has 2 fully saturated rings. The van der Waals surface area contributed by atoms with Crippen LogP contribution in [0.25, 0.3) is 11.0 Å². The molecule has 1 spiro atoms. The lowest BCUT2D eigenvalue weighted by Crippen LogP contribution is -2.68. The molecule has 3 heterocycles. The number of ether oxygens (including phenoxy) is 1. The number of aromatic nitrogens is 2. The topological polar surface area (TPSA) is 71.4 Å². The minimum absolute atomic E-state index is 0.0614.